The molecule has 2 nitrogen and oxygen atoms in total. The third kappa shape index (κ3) is 2.91. The van der Waals surface area contributed by atoms with E-state index >= 15 is 0 Å². The molecule has 4 atom stereocenters. The van der Waals surface area contributed by atoms with E-state index in [4.69, 9.17) is 5.73 Å². The summed E-state index contributed by atoms with van der Waals surface area (Å²) in [6.45, 7) is 8.34. The van der Waals surface area contributed by atoms with Gasteiger partial charge in [0, 0.05) is 24.7 Å². The standard InChI is InChI=1S/C16H32N2/c1-4-16(14-8-6-5-7-9-14)18-11-10-15(17)12(2)13(18)3/h12-16H,4-11,17H2,1-3H3. The molecule has 0 aromatic carbocycles. The number of piperidine rings is 1. The maximum atomic E-state index is 6.22. The minimum Gasteiger partial charge on any atom is -0.327 e. The van der Waals surface area contributed by atoms with Crippen molar-refractivity contribution in [1.82, 2.24) is 4.90 Å². The maximum Gasteiger partial charge on any atom is 0.0124 e. The van der Waals surface area contributed by atoms with E-state index in [1.807, 2.05) is 0 Å². The highest BCUT2D eigenvalue weighted by molar-refractivity contribution is 4.92. The summed E-state index contributed by atoms with van der Waals surface area (Å²) in [6.07, 6.45) is 9.80. The fraction of sp³-hybridized carbons (Fsp3) is 1.00. The van der Waals surface area contributed by atoms with Crippen molar-refractivity contribution in [3.05, 3.63) is 0 Å². The Bertz CT molecular complexity index is 245. The molecule has 1 saturated carbocycles. The second kappa shape index (κ2) is 6.38. The Morgan fingerprint density at radius 2 is 1.78 bits per heavy atom. The Morgan fingerprint density at radius 3 is 2.39 bits per heavy atom. The molecule has 2 aliphatic rings. The molecule has 0 amide bonds. The quantitative estimate of drug-likeness (QED) is 0.834. The van der Waals surface area contributed by atoms with Crippen LogP contribution in [0.1, 0.15) is 65.7 Å². The van der Waals surface area contributed by atoms with Crippen LogP contribution in [0.5, 0.6) is 0 Å². The minimum atomic E-state index is 0.417. The normalized spacial score (nSPS) is 37.7. The van der Waals surface area contributed by atoms with Crippen LogP contribution in [0.3, 0.4) is 0 Å². The van der Waals surface area contributed by atoms with E-state index in [9.17, 15) is 0 Å². The third-order valence-electron chi connectivity index (χ3n) is 5.72. The molecule has 2 rings (SSSR count). The van der Waals surface area contributed by atoms with Gasteiger partial charge in [-0.05, 0) is 44.4 Å². The summed E-state index contributed by atoms with van der Waals surface area (Å²) in [5.41, 5.74) is 6.22. The van der Waals surface area contributed by atoms with E-state index in [2.05, 4.69) is 25.7 Å². The first kappa shape index (κ1) is 14.3. The lowest BCUT2D eigenvalue weighted by Gasteiger charge is -2.48. The molecule has 0 aromatic heterocycles. The van der Waals surface area contributed by atoms with E-state index in [0.717, 1.165) is 12.0 Å². The van der Waals surface area contributed by atoms with Crippen molar-refractivity contribution in [3.63, 3.8) is 0 Å². The average Bonchev–Trinajstić information content (AvgIpc) is 2.41. The Balaban J connectivity index is 2.02. The molecular weight excluding hydrogens is 220 g/mol. The van der Waals surface area contributed by atoms with Crippen LogP contribution >= 0.6 is 0 Å². The Morgan fingerprint density at radius 1 is 1.11 bits per heavy atom. The van der Waals surface area contributed by atoms with Gasteiger partial charge in [0.2, 0.25) is 0 Å². The van der Waals surface area contributed by atoms with Crippen molar-refractivity contribution >= 4 is 0 Å². The number of hydrogen-bond acceptors (Lipinski definition) is 2. The zero-order valence-electron chi connectivity index (χ0n) is 12.6. The van der Waals surface area contributed by atoms with Gasteiger partial charge in [-0.2, -0.15) is 0 Å². The summed E-state index contributed by atoms with van der Waals surface area (Å²) in [5, 5.41) is 0. The summed E-state index contributed by atoms with van der Waals surface area (Å²) >= 11 is 0. The molecule has 1 heterocycles. The van der Waals surface area contributed by atoms with Crippen LogP contribution in [0.4, 0.5) is 0 Å². The first-order chi connectivity index (χ1) is 8.65. The number of nitrogens with two attached hydrogens (primary N) is 1. The van der Waals surface area contributed by atoms with Gasteiger partial charge in [0.1, 0.15) is 0 Å². The van der Waals surface area contributed by atoms with Crippen molar-refractivity contribution in [2.45, 2.75) is 83.8 Å². The lowest BCUT2D eigenvalue weighted by molar-refractivity contribution is 0.0196. The second-order valence-corrected chi connectivity index (χ2v) is 6.66. The second-order valence-electron chi connectivity index (χ2n) is 6.66. The van der Waals surface area contributed by atoms with Gasteiger partial charge in [0.05, 0.1) is 0 Å². The molecule has 0 radical (unpaired) electrons. The van der Waals surface area contributed by atoms with Gasteiger partial charge in [-0.15, -0.1) is 0 Å². The molecule has 0 aromatic rings. The summed E-state index contributed by atoms with van der Waals surface area (Å²) in [4.78, 5) is 2.80. The maximum absolute atomic E-state index is 6.22. The molecule has 1 aliphatic heterocycles. The molecule has 106 valence electrons. The van der Waals surface area contributed by atoms with Gasteiger partial charge >= 0.3 is 0 Å². The van der Waals surface area contributed by atoms with Crippen LogP contribution in [-0.4, -0.2) is 29.6 Å². The fourth-order valence-electron chi connectivity index (χ4n) is 4.25. The van der Waals surface area contributed by atoms with Gasteiger partial charge in [0.25, 0.3) is 0 Å². The third-order valence-corrected chi connectivity index (χ3v) is 5.72. The molecule has 0 bridgehead atoms. The van der Waals surface area contributed by atoms with Crippen LogP contribution in [0.2, 0.25) is 0 Å². The molecule has 2 heteroatoms. The van der Waals surface area contributed by atoms with E-state index in [1.54, 1.807) is 0 Å². The molecule has 2 N–H and O–H groups in total. The molecule has 1 aliphatic carbocycles. The molecular formula is C16H32N2. The lowest BCUT2D eigenvalue weighted by Crippen LogP contribution is -2.56. The summed E-state index contributed by atoms with van der Waals surface area (Å²) in [5.74, 6) is 1.60. The van der Waals surface area contributed by atoms with Gasteiger partial charge < -0.3 is 5.73 Å². The van der Waals surface area contributed by atoms with Gasteiger partial charge in [0.15, 0.2) is 0 Å². The Hall–Kier alpha value is -0.0800. The van der Waals surface area contributed by atoms with E-state index in [0.29, 0.717) is 18.0 Å². The number of rotatable bonds is 3. The van der Waals surface area contributed by atoms with Gasteiger partial charge in [-0.1, -0.05) is 33.1 Å². The summed E-state index contributed by atoms with van der Waals surface area (Å²) in [6, 6.07) is 1.90. The van der Waals surface area contributed by atoms with Crippen LogP contribution in [0.15, 0.2) is 0 Å². The van der Waals surface area contributed by atoms with E-state index in [-0.39, 0.29) is 0 Å². The van der Waals surface area contributed by atoms with Gasteiger partial charge in [-0.25, -0.2) is 0 Å². The van der Waals surface area contributed by atoms with Crippen LogP contribution < -0.4 is 5.73 Å². The van der Waals surface area contributed by atoms with Crippen LogP contribution in [0, 0.1) is 11.8 Å². The van der Waals surface area contributed by atoms with Crippen molar-refractivity contribution < 1.29 is 0 Å². The molecule has 4 unspecified atom stereocenters. The van der Waals surface area contributed by atoms with Gasteiger partial charge in [-0.3, -0.25) is 4.90 Å². The highest BCUT2D eigenvalue weighted by Gasteiger charge is 2.36. The van der Waals surface area contributed by atoms with Crippen molar-refractivity contribution in [2.75, 3.05) is 6.54 Å². The molecule has 0 spiro atoms. The van der Waals surface area contributed by atoms with Crippen molar-refractivity contribution in [1.29, 1.82) is 0 Å². The lowest BCUT2D eigenvalue weighted by atomic mass is 9.79. The first-order valence-electron chi connectivity index (χ1n) is 8.16. The van der Waals surface area contributed by atoms with Crippen LogP contribution in [-0.2, 0) is 0 Å². The fourth-order valence-corrected chi connectivity index (χ4v) is 4.25. The smallest absolute Gasteiger partial charge is 0.0124 e. The SMILES string of the molecule is CCC(C1CCCCC1)N1CCC(N)C(C)C1C. The van der Waals surface area contributed by atoms with E-state index in [1.165, 1.54) is 51.5 Å². The van der Waals surface area contributed by atoms with Crippen molar-refractivity contribution in [3.8, 4) is 0 Å². The Kier molecular flexibility index (Phi) is 5.08. The highest BCUT2D eigenvalue weighted by Crippen LogP contribution is 2.34. The summed E-state index contributed by atoms with van der Waals surface area (Å²) < 4.78 is 0. The van der Waals surface area contributed by atoms with Crippen LogP contribution in [0.25, 0.3) is 0 Å². The first-order valence-corrected chi connectivity index (χ1v) is 8.16. The highest BCUT2D eigenvalue weighted by atomic mass is 15.2. The predicted octanol–water partition coefficient (Wildman–Crippen LogP) is 3.40. The minimum absolute atomic E-state index is 0.417. The molecule has 1 saturated heterocycles. The predicted molar refractivity (Wildman–Crippen MR) is 78.6 cm³/mol. The Labute approximate surface area is 113 Å². The number of likely N-dealkylation sites (tertiary alicyclic amines) is 1. The van der Waals surface area contributed by atoms with E-state index < -0.39 is 0 Å². The monoisotopic (exact) mass is 252 g/mol. The largest absolute Gasteiger partial charge is 0.327 e. The molecule has 18 heavy (non-hydrogen) atoms. The number of hydrogen-bond donors (Lipinski definition) is 1. The molecule has 2 fully saturated rings. The summed E-state index contributed by atoms with van der Waals surface area (Å²) in [7, 11) is 0. The number of nitrogens with zero attached hydrogens (tertiary/aromatic N) is 1. The zero-order valence-corrected chi connectivity index (χ0v) is 12.6. The average molecular weight is 252 g/mol. The topological polar surface area (TPSA) is 29.3 Å². The van der Waals surface area contributed by atoms with Crippen molar-refractivity contribution in [2.24, 2.45) is 17.6 Å². The zero-order chi connectivity index (χ0) is 13.1.